The van der Waals surface area contributed by atoms with Crippen LogP contribution in [-0.4, -0.2) is 51.9 Å². The number of hydrogen-bond acceptors (Lipinski definition) is 6. The number of nitrogens with one attached hydrogen (secondary N) is 2. The molecule has 1 saturated heterocycles. The number of aryl methyl sites for hydroxylation is 1. The summed E-state index contributed by atoms with van der Waals surface area (Å²) in [6, 6.07) is 3.99. The molecule has 0 unspecified atom stereocenters. The Morgan fingerprint density at radius 3 is 3.14 bits per heavy atom. The lowest BCUT2D eigenvalue weighted by molar-refractivity contribution is -0.0164. The Balaban J connectivity index is 1.85. The van der Waals surface area contributed by atoms with Crippen LogP contribution in [0.1, 0.15) is 23.3 Å². The molecule has 0 saturated carbocycles. The van der Waals surface area contributed by atoms with Gasteiger partial charge in [0.05, 0.1) is 19.3 Å². The molecule has 0 radical (unpaired) electrons. The van der Waals surface area contributed by atoms with Gasteiger partial charge < -0.3 is 10.1 Å². The Bertz CT molecular complexity index is 585. The van der Waals surface area contributed by atoms with E-state index in [1.54, 1.807) is 6.20 Å². The van der Waals surface area contributed by atoms with Crippen molar-refractivity contribution in [2.45, 2.75) is 19.5 Å². The van der Waals surface area contributed by atoms with E-state index in [4.69, 9.17) is 4.74 Å². The van der Waals surface area contributed by atoms with Gasteiger partial charge >= 0.3 is 0 Å². The molecule has 0 spiro atoms. The topological polar surface area (TPSA) is 79.0 Å². The predicted molar refractivity (Wildman–Crippen MR) is 78.9 cm³/mol. The van der Waals surface area contributed by atoms with Crippen molar-refractivity contribution in [1.29, 1.82) is 0 Å². The molecule has 7 nitrogen and oxygen atoms in total. The zero-order chi connectivity index (χ0) is 14.7. The zero-order valence-corrected chi connectivity index (χ0v) is 12.3. The first-order chi connectivity index (χ1) is 10.3. The number of aromatic nitrogens is 4. The molecule has 0 amide bonds. The quantitative estimate of drug-likeness (QED) is 0.878. The number of hydrogen-bond donors (Lipinski definition) is 2. The molecular weight excluding hydrogens is 268 g/mol. The van der Waals surface area contributed by atoms with E-state index in [-0.39, 0.29) is 6.04 Å². The third kappa shape index (κ3) is 3.20. The second-order valence-electron chi connectivity index (χ2n) is 5.15. The molecule has 1 aliphatic rings. The van der Waals surface area contributed by atoms with Crippen LogP contribution in [0.2, 0.25) is 0 Å². The smallest absolute Gasteiger partial charge is 0.150 e. The monoisotopic (exact) mass is 288 g/mol. The first kappa shape index (κ1) is 14.0. The van der Waals surface area contributed by atoms with Gasteiger partial charge in [0.25, 0.3) is 0 Å². The van der Waals surface area contributed by atoms with E-state index < -0.39 is 0 Å². The van der Waals surface area contributed by atoms with Gasteiger partial charge in [-0.25, -0.2) is 9.97 Å². The summed E-state index contributed by atoms with van der Waals surface area (Å²) >= 11 is 0. The van der Waals surface area contributed by atoms with Crippen molar-refractivity contribution in [3.05, 3.63) is 35.5 Å². The Kier molecular flexibility index (Phi) is 4.12. The standard InChI is InChI=1S/C14H20N6O/c1-10-7-13(15-2)18-14(17-10)12-9-21-6-5-20(12)8-11-3-4-16-19-11/h3-4,7,12H,5-6,8-9H2,1-2H3,(H,16,19)(H,15,17,18)/t12-/m1/s1. The Hall–Kier alpha value is -1.99. The molecule has 0 aromatic carbocycles. The van der Waals surface area contributed by atoms with E-state index in [0.717, 1.165) is 42.7 Å². The zero-order valence-electron chi connectivity index (χ0n) is 12.3. The van der Waals surface area contributed by atoms with Crippen LogP contribution in [-0.2, 0) is 11.3 Å². The molecule has 3 rings (SSSR count). The minimum Gasteiger partial charge on any atom is -0.378 e. The van der Waals surface area contributed by atoms with Crippen LogP contribution in [0.3, 0.4) is 0 Å². The average molecular weight is 288 g/mol. The van der Waals surface area contributed by atoms with Crippen LogP contribution in [0.15, 0.2) is 18.3 Å². The number of anilines is 1. The summed E-state index contributed by atoms with van der Waals surface area (Å²) in [4.78, 5) is 11.5. The van der Waals surface area contributed by atoms with Crippen LogP contribution < -0.4 is 5.32 Å². The molecule has 0 aliphatic carbocycles. The molecule has 2 aromatic rings. The van der Waals surface area contributed by atoms with Crippen molar-refractivity contribution in [2.75, 3.05) is 32.1 Å². The highest BCUT2D eigenvalue weighted by Crippen LogP contribution is 2.24. The lowest BCUT2D eigenvalue weighted by Crippen LogP contribution is -2.40. The first-order valence-electron chi connectivity index (χ1n) is 7.09. The SMILES string of the molecule is CNc1cc(C)nc([C@H]2COCCN2Cc2ccn[nH]2)n1. The number of H-pyrrole nitrogens is 1. The molecule has 0 bridgehead atoms. The largest absolute Gasteiger partial charge is 0.378 e. The highest BCUT2D eigenvalue weighted by atomic mass is 16.5. The molecule has 2 N–H and O–H groups in total. The normalized spacial score (nSPS) is 19.6. The van der Waals surface area contributed by atoms with Gasteiger partial charge in [0.15, 0.2) is 0 Å². The van der Waals surface area contributed by atoms with Crippen LogP contribution in [0.4, 0.5) is 5.82 Å². The molecule has 112 valence electrons. The van der Waals surface area contributed by atoms with Gasteiger partial charge in [-0.1, -0.05) is 0 Å². The highest BCUT2D eigenvalue weighted by Gasteiger charge is 2.27. The Morgan fingerprint density at radius 2 is 2.38 bits per heavy atom. The number of rotatable bonds is 4. The lowest BCUT2D eigenvalue weighted by atomic mass is 10.2. The summed E-state index contributed by atoms with van der Waals surface area (Å²) in [5, 5.41) is 10.1. The van der Waals surface area contributed by atoms with E-state index in [9.17, 15) is 0 Å². The molecule has 21 heavy (non-hydrogen) atoms. The minimum atomic E-state index is 0.0639. The van der Waals surface area contributed by atoms with E-state index in [1.165, 1.54) is 0 Å². The van der Waals surface area contributed by atoms with Gasteiger partial charge in [0.2, 0.25) is 0 Å². The molecule has 2 aromatic heterocycles. The number of nitrogens with zero attached hydrogens (tertiary/aromatic N) is 4. The van der Waals surface area contributed by atoms with Gasteiger partial charge in [-0.15, -0.1) is 0 Å². The third-order valence-electron chi connectivity index (χ3n) is 3.60. The van der Waals surface area contributed by atoms with Gasteiger partial charge in [0.1, 0.15) is 11.6 Å². The third-order valence-corrected chi connectivity index (χ3v) is 3.60. The molecular formula is C14H20N6O. The molecule has 1 fully saturated rings. The highest BCUT2D eigenvalue weighted by molar-refractivity contribution is 5.35. The van der Waals surface area contributed by atoms with Crippen LogP contribution in [0.25, 0.3) is 0 Å². The van der Waals surface area contributed by atoms with Crippen molar-refractivity contribution in [2.24, 2.45) is 0 Å². The van der Waals surface area contributed by atoms with E-state index in [0.29, 0.717) is 6.61 Å². The average Bonchev–Trinajstić information content (AvgIpc) is 3.00. The molecule has 3 heterocycles. The van der Waals surface area contributed by atoms with Gasteiger partial charge in [-0.05, 0) is 13.0 Å². The summed E-state index contributed by atoms with van der Waals surface area (Å²) in [7, 11) is 1.87. The molecule has 1 atom stereocenters. The maximum absolute atomic E-state index is 5.63. The number of morpholine rings is 1. The van der Waals surface area contributed by atoms with E-state index in [2.05, 4.69) is 30.4 Å². The lowest BCUT2D eigenvalue weighted by Gasteiger charge is -2.34. The molecule has 1 aliphatic heterocycles. The summed E-state index contributed by atoms with van der Waals surface area (Å²) in [5.41, 5.74) is 2.04. The summed E-state index contributed by atoms with van der Waals surface area (Å²) in [5.74, 6) is 1.64. The summed E-state index contributed by atoms with van der Waals surface area (Å²) < 4.78 is 5.63. The second kappa shape index (κ2) is 6.19. The predicted octanol–water partition coefficient (Wildman–Crippen LogP) is 1.12. The van der Waals surface area contributed by atoms with E-state index in [1.807, 2.05) is 26.1 Å². The summed E-state index contributed by atoms with van der Waals surface area (Å²) in [6.45, 7) is 4.97. The fourth-order valence-electron chi connectivity index (χ4n) is 2.53. The number of aromatic amines is 1. The maximum atomic E-state index is 5.63. The fraction of sp³-hybridized carbons (Fsp3) is 0.500. The van der Waals surface area contributed by atoms with Crippen LogP contribution >= 0.6 is 0 Å². The molecule has 7 heteroatoms. The fourth-order valence-corrected chi connectivity index (χ4v) is 2.53. The maximum Gasteiger partial charge on any atom is 0.150 e. The Morgan fingerprint density at radius 1 is 1.48 bits per heavy atom. The van der Waals surface area contributed by atoms with Gasteiger partial charge in [0, 0.05) is 43.8 Å². The van der Waals surface area contributed by atoms with Crippen LogP contribution in [0.5, 0.6) is 0 Å². The van der Waals surface area contributed by atoms with Gasteiger partial charge in [-0.3, -0.25) is 10.00 Å². The van der Waals surface area contributed by atoms with Crippen molar-refractivity contribution in [3.63, 3.8) is 0 Å². The minimum absolute atomic E-state index is 0.0639. The van der Waals surface area contributed by atoms with Crippen LogP contribution in [0, 0.1) is 6.92 Å². The Labute approximate surface area is 123 Å². The first-order valence-corrected chi connectivity index (χ1v) is 7.09. The van der Waals surface area contributed by atoms with Crippen molar-refractivity contribution in [1.82, 2.24) is 25.1 Å². The van der Waals surface area contributed by atoms with Crippen molar-refractivity contribution >= 4 is 5.82 Å². The number of ether oxygens (including phenoxy) is 1. The summed E-state index contributed by atoms with van der Waals surface area (Å²) in [6.07, 6.45) is 1.77. The van der Waals surface area contributed by atoms with Gasteiger partial charge in [-0.2, -0.15) is 5.10 Å². The van der Waals surface area contributed by atoms with Crippen molar-refractivity contribution in [3.8, 4) is 0 Å². The second-order valence-corrected chi connectivity index (χ2v) is 5.15. The van der Waals surface area contributed by atoms with Crippen molar-refractivity contribution < 1.29 is 4.74 Å². The van der Waals surface area contributed by atoms with E-state index >= 15 is 0 Å².